The van der Waals surface area contributed by atoms with E-state index in [1.165, 1.54) is 54.3 Å². The molecule has 3 N–H and O–H groups in total. The Bertz CT molecular complexity index is 1090. The van der Waals surface area contributed by atoms with Gasteiger partial charge in [-0.25, -0.2) is 0 Å². The van der Waals surface area contributed by atoms with E-state index in [2.05, 4.69) is 72.3 Å². The summed E-state index contributed by atoms with van der Waals surface area (Å²) in [7, 11) is 3.13. The summed E-state index contributed by atoms with van der Waals surface area (Å²) in [6.45, 7) is 8.58. The van der Waals surface area contributed by atoms with E-state index in [0.717, 1.165) is 55.3 Å². The molecule has 4 rings (SSSR count). The third-order valence-electron chi connectivity index (χ3n) is 7.60. The van der Waals surface area contributed by atoms with Gasteiger partial charge in [-0.3, -0.25) is 9.52 Å². The average Bonchev–Trinajstić information content (AvgIpc) is 3.08. The summed E-state index contributed by atoms with van der Waals surface area (Å²) in [4.78, 5) is 15.9. The molecule has 0 radical (unpaired) electrons. The first-order valence-electron chi connectivity index (χ1n) is 14.3. The van der Waals surface area contributed by atoms with E-state index in [4.69, 9.17) is 9.84 Å². The molecular formula is C32H47N3O3S. The largest absolute Gasteiger partial charge is 0.491 e. The Morgan fingerprint density at radius 3 is 2.72 bits per heavy atom. The van der Waals surface area contributed by atoms with Crippen LogP contribution in [0, 0.1) is 12.8 Å². The fraction of sp³-hybridized carbons (Fsp3) is 0.531. The van der Waals surface area contributed by atoms with Crippen molar-refractivity contribution >= 4 is 23.5 Å². The maximum absolute atomic E-state index is 12.6. The Morgan fingerprint density at radius 1 is 1.21 bits per heavy atom. The summed E-state index contributed by atoms with van der Waals surface area (Å²) in [6, 6.07) is 12.7. The van der Waals surface area contributed by atoms with E-state index in [0.29, 0.717) is 12.5 Å². The van der Waals surface area contributed by atoms with Gasteiger partial charge >= 0.3 is 0 Å². The molecule has 39 heavy (non-hydrogen) atoms. The number of likely N-dealkylation sites (N-methyl/N-ethyl adjacent to an activating group) is 1. The molecule has 7 heteroatoms. The molecule has 2 unspecified atom stereocenters. The number of benzene rings is 2. The van der Waals surface area contributed by atoms with Crippen LogP contribution in [-0.4, -0.2) is 50.9 Å². The Kier molecular flexibility index (Phi) is 12.7. The number of anilines is 1. The van der Waals surface area contributed by atoms with E-state index < -0.39 is 0 Å². The maximum Gasteiger partial charge on any atom is 0.246 e. The second-order valence-corrected chi connectivity index (χ2v) is 11.6. The van der Waals surface area contributed by atoms with Gasteiger partial charge in [-0.2, -0.15) is 0 Å². The van der Waals surface area contributed by atoms with Crippen LogP contribution in [0.25, 0.3) is 0 Å². The van der Waals surface area contributed by atoms with Crippen molar-refractivity contribution in [3.05, 3.63) is 65.2 Å². The highest BCUT2D eigenvalue weighted by atomic mass is 32.2. The fourth-order valence-corrected chi connectivity index (χ4v) is 5.80. The maximum atomic E-state index is 12.6. The van der Waals surface area contributed by atoms with E-state index in [1.54, 1.807) is 0 Å². The average molecular weight is 554 g/mol. The van der Waals surface area contributed by atoms with Gasteiger partial charge in [0.15, 0.2) is 0 Å². The number of allylic oxidation sites excluding steroid dienone is 1. The number of nitrogens with zero attached hydrogens (tertiary/aromatic N) is 1. The zero-order valence-electron chi connectivity index (χ0n) is 24.3. The van der Waals surface area contributed by atoms with Crippen LogP contribution >= 0.6 is 11.9 Å². The monoisotopic (exact) mass is 553 g/mol. The summed E-state index contributed by atoms with van der Waals surface area (Å²) in [6.07, 6.45) is 11.9. The highest BCUT2D eigenvalue weighted by Crippen LogP contribution is 2.37. The fourth-order valence-electron chi connectivity index (χ4n) is 5.10. The van der Waals surface area contributed by atoms with Crippen LogP contribution in [-0.2, 0) is 11.2 Å². The van der Waals surface area contributed by atoms with Gasteiger partial charge < -0.3 is 20.1 Å². The minimum absolute atomic E-state index is 0.0140. The lowest BCUT2D eigenvalue weighted by atomic mass is 9.83. The van der Waals surface area contributed by atoms with Gasteiger partial charge in [0.05, 0.1) is 18.3 Å². The van der Waals surface area contributed by atoms with Crippen LogP contribution in [0.15, 0.2) is 53.4 Å². The number of amides is 1. The molecule has 2 atom stereocenters. The van der Waals surface area contributed by atoms with Crippen molar-refractivity contribution < 1.29 is 14.6 Å². The predicted octanol–water partition coefficient (Wildman–Crippen LogP) is 6.02. The lowest BCUT2D eigenvalue weighted by Gasteiger charge is -2.24. The molecule has 1 saturated carbocycles. The lowest BCUT2D eigenvalue weighted by Crippen LogP contribution is -2.39. The minimum atomic E-state index is -0.250. The van der Waals surface area contributed by atoms with Gasteiger partial charge in [0, 0.05) is 38.1 Å². The summed E-state index contributed by atoms with van der Waals surface area (Å²) in [5.41, 5.74) is 5.21. The van der Waals surface area contributed by atoms with Crippen molar-refractivity contribution in [1.82, 2.24) is 10.0 Å². The quantitative estimate of drug-likeness (QED) is 0.234. The van der Waals surface area contributed by atoms with Crippen LogP contribution in [0.2, 0.25) is 0 Å². The second-order valence-electron chi connectivity index (χ2n) is 10.7. The number of rotatable bonds is 11. The Balaban J connectivity index is 0.00000205. The molecular weight excluding hydrogens is 506 g/mol. The third kappa shape index (κ3) is 9.02. The van der Waals surface area contributed by atoms with Gasteiger partial charge in [-0.05, 0) is 73.9 Å². The first-order valence-corrected chi connectivity index (χ1v) is 15.1. The third-order valence-corrected chi connectivity index (χ3v) is 8.39. The van der Waals surface area contributed by atoms with E-state index >= 15 is 0 Å². The van der Waals surface area contributed by atoms with Crippen LogP contribution < -0.4 is 19.7 Å². The first-order chi connectivity index (χ1) is 18.9. The van der Waals surface area contributed by atoms with Crippen LogP contribution in [0.1, 0.15) is 68.6 Å². The highest BCUT2D eigenvalue weighted by molar-refractivity contribution is 7.98. The standard InChI is InChI=1S/C31H43N3O2S.CH4O/c1-5-9-25-18-22(2)13-15-28(25)26-20-34(4)29-19-27(14-16-30(29)36-21-26)37-33-31(35)23(3)32-17-7-6-10-24-11-8-12-24;1-2/h6-7,13-16,18-19,23-24,26,32H,5,8-12,17,20-21H2,1-4H3,(H,33,35);2H,1H3/b7-6+;. The van der Waals surface area contributed by atoms with Crippen LogP contribution in [0.4, 0.5) is 5.69 Å². The van der Waals surface area contributed by atoms with Gasteiger partial charge in [0.25, 0.3) is 0 Å². The molecule has 0 saturated heterocycles. The topological polar surface area (TPSA) is 73.8 Å². The molecule has 0 spiro atoms. The van der Waals surface area contributed by atoms with Gasteiger partial charge in [0.2, 0.25) is 5.91 Å². The summed E-state index contributed by atoms with van der Waals surface area (Å²) in [5.74, 6) is 2.07. The number of carbonyl (C=O) groups excluding carboxylic acids is 1. The van der Waals surface area contributed by atoms with Crippen molar-refractivity contribution in [1.29, 1.82) is 0 Å². The lowest BCUT2D eigenvalue weighted by molar-refractivity contribution is -0.120. The molecule has 0 bridgehead atoms. The van der Waals surface area contributed by atoms with Gasteiger partial charge in [0.1, 0.15) is 5.75 Å². The number of aliphatic hydroxyl groups is 1. The molecule has 1 aliphatic heterocycles. The zero-order valence-corrected chi connectivity index (χ0v) is 25.2. The molecule has 1 aliphatic carbocycles. The molecule has 6 nitrogen and oxygen atoms in total. The van der Waals surface area contributed by atoms with Crippen molar-refractivity contribution in [2.75, 3.05) is 38.8 Å². The number of aliphatic hydroxyl groups excluding tert-OH is 1. The van der Waals surface area contributed by atoms with Crippen molar-refractivity contribution in [2.45, 2.75) is 76.2 Å². The number of nitrogens with one attached hydrogen (secondary N) is 2. The highest BCUT2D eigenvalue weighted by Gasteiger charge is 2.24. The Hall–Kier alpha value is -2.48. The molecule has 2 aliphatic rings. The number of ether oxygens (including phenoxy) is 1. The summed E-state index contributed by atoms with van der Waals surface area (Å²) < 4.78 is 9.31. The number of aryl methyl sites for hydroxylation is 2. The van der Waals surface area contributed by atoms with E-state index in [-0.39, 0.29) is 11.9 Å². The van der Waals surface area contributed by atoms with Crippen molar-refractivity contribution in [2.24, 2.45) is 5.92 Å². The molecule has 1 heterocycles. The summed E-state index contributed by atoms with van der Waals surface area (Å²) >= 11 is 1.36. The second kappa shape index (κ2) is 15.9. The molecule has 2 aromatic rings. The number of carbonyl (C=O) groups is 1. The summed E-state index contributed by atoms with van der Waals surface area (Å²) in [5, 5.41) is 10.3. The Morgan fingerprint density at radius 2 is 2.00 bits per heavy atom. The van der Waals surface area contributed by atoms with Crippen molar-refractivity contribution in [3.63, 3.8) is 0 Å². The number of hydrogen-bond donors (Lipinski definition) is 3. The van der Waals surface area contributed by atoms with Crippen LogP contribution in [0.5, 0.6) is 5.75 Å². The zero-order chi connectivity index (χ0) is 28.2. The molecule has 1 amide bonds. The Labute approximate surface area is 239 Å². The number of fused-ring (bicyclic) bond motifs is 1. The SMILES string of the molecule is CCCc1cc(C)ccc1C1COc2ccc(SNC(=O)C(C)NC/C=C/CC3CCC3)cc2N(C)C1.CO. The molecule has 214 valence electrons. The predicted molar refractivity (Wildman–Crippen MR) is 164 cm³/mol. The van der Waals surface area contributed by atoms with Gasteiger partial charge in [-0.15, -0.1) is 0 Å². The minimum Gasteiger partial charge on any atom is -0.491 e. The van der Waals surface area contributed by atoms with E-state index in [1.807, 2.05) is 19.1 Å². The van der Waals surface area contributed by atoms with Gasteiger partial charge in [-0.1, -0.05) is 68.5 Å². The van der Waals surface area contributed by atoms with Crippen LogP contribution in [0.3, 0.4) is 0 Å². The van der Waals surface area contributed by atoms with Crippen molar-refractivity contribution in [3.8, 4) is 5.75 Å². The molecule has 2 aromatic carbocycles. The number of hydrogen-bond acceptors (Lipinski definition) is 6. The normalized spacial score (nSPS) is 17.8. The molecule has 0 aromatic heterocycles. The first kappa shape index (κ1) is 31.1. The smallest absolute Gasteiger partial charge is 0.246 e. The molecule has 1 fully saturated rings. The van der Waals surface area contributed by atoms with E-state index in [9.17, 15) is 4.79 Å².